The molecule has 1 aliphatic rings. The maximum Gasteiger partial charge on any atom is 0.182 e. The molecule has 1 aliphatic heterocycles. The van der Waals surface area contributed by atoms with Crippen LogP contribution in [0.3, 0.4) is 0 Å². The third kappa shape index (κ3) is 6.56. The molecule has 0 bridgehead atoms. The number of aromatic hydroxyl groups is 1. The van der Waals surface area contributed by atoms with E-state index in [1.807, 2.05) is 64.6 Å². The number of nitrogens with zero attached hydrogens (tertiary/aromatic N) is 1. The minimum absolute atomic E-state index is 0. The number of likely N-dealkylation sites (tertiary alicyclic amines) is 1. The molecule has 2 aromatic rings. The van der Waals surface area contributed by atoms with Gasteiger partial charge in [0.25, 0.3) is 0 Å². The van der Waals surface area contributed by atoms with E-state index in [0.717, 1.165) is 24.0 Å². The summed E-state index contributed by atoms with van der Waals surface area (Å²) in [6, 6.07) is 10.4. The van der Waals surface area contributed by atoms with Crippen molar-refractivity contribution in [1.29, 1.82) is 5.41 Å². The zero-order valence-corrected chi connectivity index (χ0v) is 24.5. The van der Waals surface area contributed by atoms with Gasteiger partial charge < -0.3 is 10.0 Å². The number of hydrogen-bond acceptors (Lipinski definition) is 3. The molecule has 2 aromatic carbocycles. The number of ketones is 1. The van der Waals surface area contributed by atoms with E-state index in [1.54, 1.807) is 12.1 Å². The number of phenols is 1. The third-order valence-electron chi connectivity index (χ3n) is 7.16. The average Bonchev–Trinajstić information content (AvgIpc) is 3.03. The monoisotopic (exact) mass is 560 g/mol. The molecule has 0 spiro atoms. The molecule has 6 heteroatoms. The van der Waals surface area contributed by atoms with Gasteiger partial charge in [0.1, 0.15) is 17.4 Å². The van der Waals surface area contributed by atoms with Crippen LogP contribution in [0.4, 0.5) is 4.39 Å². The summed E-state index contributed by atoms with van der Waals surface area (Å²) >= 11 is 0. The first kappa shape index (κ1) is 30.0. The van der Waals surface area contributed by atoms with Crippen molar-refractivity contribution in [3.05, 3.63) is 64.5 Å². The van der Waals surface area contributed by atoms with Crippen molar-refractivity contribution in [3.63, 3.8) is 0 Å². The molecule has 4 nitrogen and oxygen atoms in total. The molecule has 0 amide bonds. The Kier molecular flexibility index (Phi) is 9.55. The first-order chi connectivity index (χ1) is 16.2. The van der Waals surface area contributed by atoms with Crippen LogP contribution in [0, 0.1) is 23.1 Å². The Morgan fingerprint density at radius 1 is 1.08 bits per heavy atom. The molecule has 0 radical (unpaired) electrons. The minimum atomic E-state index is -0.322. The molecule has 2 N–H and O–H groups in total. The van der Waals surface area contributed by atoms with E-state index < -0.39 is 0 Å². The Morgan fingerprint density at radius 3 is 2.14 bits per heavy atom. The van der Waals surface area contributed by atoms with Crippen molar-refractivity contribution in [2.75, 3.05) is 13.1 Å². The number of carbonyl (C=O) groups is 1. The van der Waals surface area contributed by atoms with Gasteiger partial charge in [-0.1, -0.05) is 73.1 Å². The van der Waals surface area contributed by atoms with Crippen molar-refractivity contribution in [3.8, 4) is 5.75 Å². The molecule has 2 unspecified atom stereocenters. The smallest absolute Gasteiger partial charge is 0.182 e. The third-order valence-corrected chi connectivity index (χ3v) is 7.16. The number of halogens is 2. The minimum Gasteiger partial charge on any atom is -0.507 e. The summed E-state index contributed by atoms with van der Waals surface area (Å²) in [4.78, 5) is 15.4. The lowest BCUT2D eigenvalue weighted by Gasteiger charge is -2.28. The first-order valence-corrected chi connectivity index (χ1v) is 12.7. The van der Waals surface area contributed by atoms with E-state index in [0.29, 0.717) is 29.9 Å². The quantitative estimate of drug-likeness (QED) is 0.345. The summed E-state index contributed by atoms with van der Waals surface area (Å²) < 4.78 is 14.4. The molecular weight excluding hydrogens is 519 g/mol. The van der Waals surface area contributed by atoms with Crippen LogP contribution in [0.25, 0.3) is 0 Å². The van der Waals surface area contributed by atoms with Gasteiger partial charge in [-0.3, -0.25) is 10.2 Å². The fourth-order valence-corrected chi connectivity index (χ4v) is 5.15. The number of rotatable bonds is 7. The second-order valence-corrected chi connectivity index (χ2v) is 12.1. The fourth-order valence-electron chi connectivity index (χ4n) is 5.15. The highest BCUT2D eigenvalue weighted by Crippen LogP contribution is 2.40. The highest BCUT2D eigenvalue weighted by atomic mass is 79.9. The van der Waals surface area contributed by atoms with Gasteiger partial charge in [-0.15, -0.1) is 17.0 Å². The summed E-state index contributed by atoms with van der Waals surface area (Å²) in [6.07, 6.45) is 2.39. The molecule has 1 fully saturated rings. The molecule has 0 aromatic heterocycles. The number of hydrogen-bond donors (Lipinski definition) is 2. The van der Waals surface area contributed by atoms with Crippen LogP contribution in [0.1, 0.15) is 88.4 Å². The van der Waals surface area contributed by atoms with Gasteiger partial charge in [-0.25, -0.2) is 4.39 Å². The lowest BCUT2D eigenvalue weighted by molar-refractivity contribution is 0.0963. The molecule has 36 heavy (non-hydrogen) atoms. The lowest BCUT2D eigenvalue weighted by Crippen LogP contribution is -2.33. The van der Waals surface area contributed by atoms with E-state index in [2.05, 4.69) is 6.92 Å². The van der Waals surface area contributed by atoms with Gasteiger partial charge in [0, 0.05) is 29.2 Å². The maximum absolute atomic E-state index is 14.4. The van der Waals surface area contributed by atoms with Crippen LogP contribution < -0.4 is 0 Å². The molecule has 1 heterocycles. The summed E-state index contributed by atoms with van der Waals surface area (Å²) in [5.41, 5.74) is 2.06. The van der Waals surface area contributed by atoms with Crippen LogP contribution in [0.15, 0.2) is 36.4 Å². The van der Waals surface area contributed by atoms with E-state index >= 15 is 0 Å². The molecule has 2 atom stereocenters. The summed E-state index contributed by atoms with van der Waals surface area (Å²) in [7, 11) is 0. The zero-order chi connectivity index (χ0) is 26.1. The number of amidine groups is 1. The van der Waals surface area contributed by atoms with Gasteiger partial charge in [-0.05, 0) is 53.4 Å². The summed E-state index contributed by atoms with van der Waals surface area (Å²) in [5, 5.41) is 19.9. The highest BCUT2D eigenvalue weighted by Gasteiger charge is 2.38. The predicted molar refractivity (Wildman–Crippen MR) is 151 cm³/mol. The molecule has 1 saturated heterocycles. The Balaban J connectivity index is 0.00000456. The van der Waals surface area contributed by atoms with Crippen LogP contribution in [0.2, 0.25) is 0 Å². The van der Waals surface area contributed by atoms with Crippen molar-refractivity contribution in [2.45, 2.75) is 78.6 Å². The van der Waals surface area contributed by atoms with Crippen LogP contribution >= 0.6 is 17.0 Å². The topological polar surface area (TPSA) is 64.4 Å². The van der Waals surface area contributed by atoms with Crippen molar-refractivity contribution in [2.24, 2.45) is 11.8 Å². The first-order valence-electron chi connectivity index (χ1n) is 12.7. The van der Waals surface area contributed by atoms with E-state index in [9.17, 15) is 14.3 Å². The SMILES string of the molecule is Br.CCCC1CN(CC(=O)c2cc(C(C)(C)C)c(O)c(C(C)(C)C)c2)C(=N)C1Cc1ccccc1F. The standard InChI is InChI=1S/C30H41FN2O2.BrH/c1-8-11-20-17-33(28(32)22(20)14-19-12-9-10-13-25(19)31)18-26(34)21-15-23(29(2,3)4)27(35)24(16-21)30(5,6)7;/h9-10,12-13,15-16,20,22,32,35H,8,11,14,17-18H2,1-7H3;1H. The molecular formula is C30H42BrFN2O2. The van der Waals surface area contributed by atoms with Crippen molar-refractivity contribution < 1.29 is 14.3 Å². The molecule has 198 valence electrons. The van der Waals surface area contributed by atoms with Gasteiger partial charge in [0.2, 0.25) is 0 Å². The second-order valence-electron chi connectivity index (χ2n) is 12.1. The number of nitrogens with one attached hydrogen (secondary N) is 1. The fraction of sp³-hybridized carbons (Fsp3) is 0.533. The number of carbonyl (C=O) groups excluding carboxylic acids is 1. The number of benzene rings is 2. The Bertz CT molecular complexity index is 1070. The zero-order valence-electron chi connectivity index (χ0n) is 22.7. The van der Waals surface area contributed by atoms with E-state index in [4.69, 9.17) is 5.41 Å². The van der Waals surface area contributed by atoms with Crippen LogP contribution in [-0.4, -0.2) is 34.7 Å². The Morgan fingerprint density at radius 2 is 1.64 bits per heavy atom. The van der Waals surface area contributed by atoms with Gasteiger partial charge in [0.15, 0.2) is 5.78 Å². The summed E-state index contributed by atoms with van der Waals surface area (Å²) in [5.74, 6) is 0.491. The van der Waals surface area contributed by atoms with Crippen LogP contribution in [0.5, 0.6) is 5.75 Å². The van der Waals surface area contributed by atoms with E-state index in [-0.39, 0.29) is 63.5 Å². The molecule has 0 aliphatic carbocycles. The largest absolute Gasteiger partial charge is 0.507 e. The van der Waals surface area contributed by atoms with E-state index in [1.165, 1.54) is 6.07 Å². The Hall–Kier alpha value is -2.21. The Labute approximate surface area is 226 Å². The lowest BCUT2D eigenvalue weighted by atomic mass is 9.78. The average molecular weight is 562 g/mol. The number of phenolic OH excluding ortho intramolecular Hbond substituents is 1. The maximum atomic E-state index is 14.4. The van der Waals surface area contributed by atoms with Crippen LogP contribution in [-0.2, 0) is 17.3 Å². The van der Waals surface area contributed by atoms with Crippen molar-refractivity contribution in [1.82, 2.24) is 4.90 Å². The van der Waals surface area contributed by atoms with Gasteiger partial charge in [-0.2, -0.15) is 0 Å². The van der Waals surface area contributed by atoms with Gasteiger partial charge >= 0.3 is 0 Å². The highest BCUT2D eigenvalue weighted by molar-refractivity contribution is 8.93. The summed E-state index contributed by atoms with van der Waals surface area (Å²) in [6.45, 7) is 15.0. The van der Waals surface area contributed by atoms with Gasteiger partial charge in [0.05, 0.1) is 6.54 Å². The normalized spacial score (nSPS) is 18.3. The van der Waals surface area contributed by atoms with Crippen molar-refractivity contribution >= 4 is 28.6 Å². The number of Topliss-reactive ketones (excluding diaryl/α,β-unsaturated/α-hetero) is 1. The molecule has 0 saturated carbocycles. The second kappa shape index (κ2) is 11.5. The predicted octanol–water partition coefficient (Wildman–Crippen LogP) is 7.45. The molecule has 3 rings (SSSR count).